The quantitative estimate of drug-likeness (QED) is 0.597. The highest BCUT2D eigenvalue weighted by atomic mass is 16.5. The molecule has 3 nitrogen and oxygen atoms in total. The van der Waals surface area contributed by atoms with Gasteiger partial charge in [-0.25, -0.2) is 0 Å². The van der Waals surface area contributed by atoms with E-state index in [0.29, 0.717) is 12.5 Å². The van der Waals surface area contributed by atoms with Crippen LogP contribution in [0.4, 0.5) is 5.69 Å². The third-order valence-electron chi connectivity index (χ3n) is 3.94. The number of rotatable bonds is 6. The zero-order valence-electron chi connectivity index (χ0n) is 15.1. The van der Waals surface area contributed by atoms with Gasteiger partial charge in [0.15, 0.2) is 0 Å². The van der Waals surface area contributed by atoms with E-state index < -0.39 is 0 Å². The number of carbonyl (C=O) groups excluding carboxylic acids is 1. The minimum Gasteiger partial charge on any atom is -0.493 e. The molecule has 0 aliphatic heterocycles. The Kier molecular flexibility index (Phi) is 5.69. The van der Waals surface area contributed by atoms with Gasteiger partial charge in [0.05, 0.1) is 6.61 Å². The molecule has 0 saturated heterocycles. The van der Waals surface area contributed by atoms with Crippen molar-refractivity contribution in [1.82, 2.24) is 0 Å². The van der Waals surface area contributed by atoms with Crippen molar-refractivity contribution in [3.05, 3.63) is 78.4 Å². The molecule has 0 saturated carbocycles. The van der Waals surface area contributed by atoms with Crippen LogP contribution in [0.1, 0.15) is 19.4 Å². The van der Waals surface area contributed by atoms with Gasteiger partial charge in [0.25, 0.3) is 0 Å². The van der Waals surface area contributed by atoms with Crippen LogP contribution in [-0.4, -0.2) is 12.5 Å². The van der Waals surface area contributed by atoms with Gasteiger partial charge in [-0.3, -0.25) is 4.79 Å². The first-order valence-corrected chi connectivity index (χ1v) is 8.81. The van der Waals surface area contributed by atoms with Gasteiger partial charge in [-0.15, -0.1) is 0 Å². The smallest absolute Gasteiger partial charge is 0.248 e. The van der Waals surface area contributed by atoms with Crippen LogP contribution < -0.4 is 10.1 Å². The molecule has 0 aliphatic rings. The van der Waals surface area contributed by atoms with Crippen LogP contribution in [-0.2, 0) is 4.79 Å². The molecule has 1 N–H and O–H groups in total. The largest absolute Gasteiger partial charge is 0.493 e. The normalized spacial score (nSPS) is 11.2. The molecular formula is C23H23NO2. The molecule has 3 aromatic rings. The van der Waals surface area contributed by atoms with Gasteiger partial charge < -0.3 is 10.1 Å². The van der Waals surface area contributed by atoms with E-state index in [9.17, 15) is 4.79 Å². The summed E-state index contributed by atoms with van der Waals surface area (Å²) in [4.78, 5) is 12.2. The highest BCUT2D eigenvalue weighted by Crippen LogP contribution is 2.20. The molecule has 0 fully saturated rings. The average molecular weight is 345 g/mol. The fraction of sp³-hybridized carbons (Fsp3) is 0.174. The number of benzene rings is 3. The summed E-state index contributed by atoms with van der Waals surface area (Å²) in [6.07, 6.45) is 3.41. The van der Waals surface area contributed by atoms with Crippen molar-refractivity contribution in [2.75, 3.05) is 11.9 Å². The summed E-state index contributed by atoms with van der Waals surface area (Å²) in [6, 6.07) is 21.6. The lowest BCUT2D eigenvalue weighted by molar-refractivity contribution is -0.111. The molecular weight excluding hydrogens is 322 g/mol. The molecule has 0 bridgehead atoms. The summed E-state index contributed by atoms with van der Waals surface area (Å²) in [5, 5.41) is 5.16. The van der Waals surface area contributed by atoms with E-state index in [-0.39, 0.29) is 5.91 Å². The van der Waals surface area contributed by atoms with Crippen LogP contribution in [0.5, 0.6) is 5.75 Å². The molecule has 0 unspecified atom stereocenters. The number of hydrogen-bond donors (Lipinski definition) is 1. The van der Waals surface area contributed by atoms with Gasteiger partial charge in [0, 0.05) is 11.8 Å². The second-order valence-electron chi connectivity index (χ2n) is 6.62. The second-order valence-corrected chi connectivity index (χ2v) is 6.62. The Hall–Kier alpha value is -3.07. The van der Waals surface area contributed by atoms with E-state index in [1.54, 1.807) is 6.08 Å². The minimum absolute atomic E-state index is 0.159. The Balaban J connectivity index is 1.64. The summed E-state index contributed by atoms with van der Waals surface area (Å²) < 4.78 is 5.65. The summed E-state index contributed by atoms with van der Waals surface area (Å²) in [7, 11) is 0. The van der Waals surface area contributed by atoms with Crippen LogP contribution >= 0.6 is 0 Å². The first-order chi connectivity index (χ1) is 12.6. The highest BCUT2D eigenvalue weighted by molar-refractivity contribution is 6.03. The lowest BCUT2D eigenvalue weighted by Crippen LogP contribution is -2.08. The molecule has 3 heteroatoms. The molecule has 0 aliphatic carbocycles. The third kappa shape index (κ3) is 4.73. The maximum Gasteiger partial charge on any atom is 0.248 e. The minimum atomic E-state index is -0.159. The van der Waals surface area contributed by atoms with E-state index in [0.717, 1.165) is 27.8 Å². The zero-order valence-corrected chi connectivity index (χ0v) is 15.1. The molecule has 26 heavy (non-hydrogen) atoms. The Morgan fingerprint density at radius 3 is 2.50 bits per heavy atom. The molecule has 3 rings (SSSR count). The molecule has 0 atom stereocenters. The maximum absolute atomic E-state index is 12.2. The fourth-order valence-corrected chi connectivity index (χ4v) is 2.64. The van der Waals surface area contributed by atoms with Crippen molar-refractivity contribution in [2.45, 2.75) is 13.8 Å². The zero-order chi connectivity index (χ0) is 18.4. The fourth-order valence-electron chi connectivity index (χ4n) is 2.64. The molecule has 0 radical (unpaired) electrons. The first-order valence-electron chi connectivity index (χ1n) is 8.81. The van der Waals surface area contributed by atoms with Crippen molar-refractivity contribution in [3.8, 4) is 5.75 Å². The maximum atomic E-state index is 12.2. The van der Waals surface area contributed by atoms with Crippen LogP contribution in [0.15, 0.2) is 72.8 Å². The Bertz CT molecular complexity index is 906. The molecule has 132 valence electrons. The second kappa shape index (κ2) is 8.34. The average Bonchev–Trinajstić information content (AvgIpc) is 2.65. The van der Waals surface area contributed by atoms with Gasteiger partial charge in [0.1, 0.15) is 5.75 Å². The standard InChI is InChI=1S/C23H23NO2/c1-17(2)16-26-21-13-11-20(12-14-21)24-23(25)15-10-19-8-5-7-18-6-3-4-9-22(18)19/h3-15,17H,16H2,1-2H3,(H,24,25)/b15-10+. The number of carbonyl (C=O) groups is 1. The van der Waals surface area contributed by atoms with Crippen LogP contribution in [0.25, 0.3) is 16.8 Å². The van der Waals surface area contributed by atoms with Gasteiger partial charge in [-0.1, -0.05) is 56.3 Å². The van der Waals surface area contributed by atoms with E-state index in [1.165, 1.54) is 0 Å². The van der Waals surface area contributed by atoms with E-state index in [4.69, 9.17) is 4.74 Å². The highest BCUT2D eigenvalue weighted by Gasteiger charge is 2.01. The van der Waals surface area contributed by atoms with Crippen molar-refractivity contribution in [1.29, 1.82) is 0 Å². The number of fused-ring (bicyclic) bond motifs is 1. The topological polar surface area (TPSA) is 38.3 Å². The third-order valence-corrected chi connectivity index (χ3v) is 3.94. The predicted molar refractivity (Wildman–Crippen MR) is 108 cm³/mol. The lowest BCUT2D eigenvalue weighted by Gasteiger charge is -2.09. The summed E-state index contributed by atoms with van der Waals surface area (Å²) >= 11 is 0. The summed E-state index contributed by atoms with van der Waals surface area (Å²) in [5.41, 5.74) is 1.77. The van der Waals surface area contributed by atoms with Crippen LogP contribution in [0, 0.1) is 5.92 Å². The van der Waals surface area contributed by atoms with Gasteiger partial charge in [-0.2, -0.15) is 0 Å². The lowest BCUT2D eigenvalue weighted by atomic mass is 10.0. The summed E-state index contributed by atoms with van der Waals surface area (Å²) in [6.45, 7) is 4.90. The van der Waals surface area contributed by atoms with E-state index in [1.807, 2.05) is 54.6 Å². The summed E-state index contributed by atoms with van der Waals surface area (Å²) in [5.74, 6) is 1.13. The molecule has 1 amide bonds. The van der Waals surface area contributed by atoms with Crippen molar-refractivity contribution in [3.63, 3.8) is 0 Å². The van der Waals surface area contributed by atoms with Gasteiger partial charge in [-0.05, 0) is 52.6 Å². The predicted octanol–water partition coefficient (Wildman–Crippen LogP) is 5.53. The number of amides is 1. The van der Waals surface area contributed by atoms with Crippen molar-refractivity contribution < 1.29 is 9.53 Å². The molecule has 3 aromatic carbocycles. The number of anilines is 1. The first kappa shape index (κ1) is 17.7. The monoisotopic (exact) mass is 345 g/mol. The molecule has 0 spiro atoms. The Morgan fingerprint density at radius 2 is 1.73 bits per heavy atom. The van der Waals surface area contributed by atoms with Gasteiger partial charge in [0.2, 0.25) is 5.91 Å². The number of nitrogens with one attached hydrogen (secondary N) is 1. The van der Waals surface area contributed by atoms with Crippen molar-refractivity contribution in [2.24, 2.45) is 5.92 Å². The molecule has 0 heterocycles. The Morgan fingerprint density at radius 1 is 1.00 bits per heavy atom. The molecule has 0 aromatic heterocycles. The number of ether oxygens (including phenoxy) is 1. The van der Waals surface area contributed by atoms with Gasteiger partial charge >= 0.3 is 0 Å². The Labute approximate surface area is 154 Å². The van der Waals surface area contributed by atoms with Crippen LogP contribution in [0.2, 0.25) is 0 Å². The number of hydrogen-bond acceptors (Lipinski definition) is 2. The SMILES string of the molecule is CC(C)COc1ccc(NC(=O)/C=C/c2cccc3ccccc23)cc1. The van der Waals surface area contributed by atoms with E-state index in [2.05, 4.69) is 37.4 Å². The van der Waals surface area contributed by atoms with Crippen LogP contribution in [0.3, 0.4) is 0 Å². The van der Waals surface area contributed by atoms with E-state index >= 15 is 0 Å². The van der Waals surface area contributed by atoms with Crippen molar-refractivity contribution >= 4 is 28.4 Å².